The summed E-state index contributed by atoms with van der Waals surface area (Å²) in [6.07, 6.45) is 1.87. The second-order valence-electron chi connectivity index (χ2n) is 4.39. The minimum absolute atomic E-state index is 0.369. The van der Waals surface area contributed by atoms with Crippen LogP contribution in [0.25, 0.3) is 0 Å². The lowest BCUT2D eigenvalue weighted by Gasteiger charge is -2.32. The summed E-state index contributed by atoms with van der Waals surface area (Å²) in [5.41, 5.74) is 0. The number of hydrogen-bond acceptors (Lipinski definition) is 2. The molecule has 0 aromatic rings. The van der Waals surface area contributed by atoms with Gasteiger partial charge in [-0.1, -0.05) is 6.92 Å². The largest absolute Gasteiger partial charge is 0.336 e. The average molecular weight is 247 g/mol. The zero-order valence-corrected chi connectivity index (χ0v) is 10.7. The number of halogens is 1. The van der Waals surface area contributed by atoms with Crippen LogP contribution in [-0.4, -0.2) is 54.2 Å². The molecule has 0 saturated carbocycles. The van der Waals surface area contributed by atoms with Gasteiger partial charge in [-0.25, -0.2) is 0 Å². The molecular weight excluding hydrogens is 228 g/mol. The van der Waals surface area contributed by atoms with Gasteiger partial charge in [0.25, 0.3) is 0 Å². The van der Waals surface area contributed by atoms with Gasteiger partial charge >= 0.3 is 11.8 Å². The van der Waals surface area contributed by atoms with Crippen LogP contribution in [0, 0.1) is 5.92 Å². The lowest BCUT2D eigenvalue weighted by atomic mass is 10.0. The molecule has 1 heterocycles. The van der Waals surface area contributed by atoms with Gasteiger partial charge in [-0.3, -0.25) is 9.59 Å². The number of piperazine rings is 1. The van der Waals surface area contributed by atoms with Crippen molar-refractivity contribution in [3.63, 3.8) is 0 Å². The van der Waals surface area contributed by atoms with E-state index in [1.54, 1.807) is 11.9 Å². The molecule has 1 aliphatic heterocycles. The Morgan fingerprint density at radius 2 is 1.94 bits per heavy atom. The number of carbonyl (C=O) groups excluding carboxylic acids is 2. The van der Waals surface area contributed by atoms with E-state index in [1.807, 2.05) is 0 Å². The van der Waals surface area contributed by atoms with Gasteiger partial charge < -0.3 is 9.80 Å². The third-order valence-corrected chi connectivity index (χ3v) is 3.23. The van der Waals surface area contributed by atoms with E-state index in [4.69, 9.17) is 11.6 Å². The standard InChI is InChI=1S/C11H19ClN2O2/c1-9(3-5-12)4-6-14-8-7-13(2)10(15)11(14)16/h9H,3-8H2,1-2H3. The lowest BCUT2D eigenvalue weighted by Crippen LogP contribution is -2.53. The molecule has 4 nitrogen and oxygen atoms in total. The van der Waals surface area contributed by atoms with Crippen LogP contribution >= 0.6 is 11.6 Å². The van der Waals surface area contributed by atoms with E-state index in [0.717, 1.165) is 12.8 Å². The smallest absolute Gasteiger partial charge is 0.312 e. The highest BCUT2D eigenvalue weighted by molar-refractivity contribution is 6.35. The number of amides is 2. The van der Waals surface area contributed by atoms with Crippen LogP contribution < -0.4 is 0 Å². The molecule has 16 heavy (non-hydrogen) atoms. The van der Waals surface area contributed by atoms with E-state index in [0.29, 0.717) is 31.4 Å². The highest BCUT2D eigenvalue weighted by atomic mass is 35.5. The van der Waals surface area contributed by atoms with Crippen LogP contribution in [0.3, 0.4) is 0 Å². The fourth-order valence-corrected chi connectivity index (χ4v) is 2.07. The maximum Gasteiger partial charge on any atom is 0.312 e. The monoisotopic (exact) mass is 246 g/mol. The highest BCUT2D eigenvalue weighted by Gasteiger charge is 2.29. The normalized spacial score (nSPS) is 19.2. The van der Waals surface area contributed by atoms with Crippen molar-refractivity contribution in [3.05, 3.63) is 0 Å². The molecule has 0 aromatic heterocycles. The zero-order valence-electron chi connectivity index (χ0n) is 9.91. The highest BCUT2D eigenvalue weighted by Crippen LogP contribution is 2.11. The first-order valence-corrected chi connectivity index (χ1v) is 6.20. The molecule has 0 aromatic carbocycles. The maximum absolute atomic E-state index is 11.6. The molecule has 0 aliphatic carbocycles. The fraction of sp³-hybridized carbons (Fsp3) is 0.818. The number of rotatable bonds is 5. The second kappa shape index (κ2) is 6.09. The Bertz CT molecular complexity index is 271. The molecule has 92 valence electrons. The topological polar surface area (TPSA) is 40.6 Å². The Labute approximate surface area is 102 Å². The van der Waals surface area contributed by atoms with Crippen molar-refractivity contribution in [3.8, 4) is 0 Å². The van der Waals surface area contributed by atoms with Gasteiger partial charge in [-0.2, -0.15) is 0 Å². The van der Waals surface area contributed by atoms with Crippen molar-refractivity contribution < 1.29 is 9.59 Å². The van der Waals surface area contributed by atoms with Crippen LogP contribution in [0.15, 0.2) is 0 Å². The molecular formula is C11H19ClN2O2. The van der Waals surface area contributed by atoms with E-state index in [1.165, 1.54) is 4.90 Å². The zero-order chi connectivity index (χ0) is 12.1. The van der Waals surface area contributed by atoms with Crippen LogP contribution in [0.5, 0.6) is 0 Å². The molecule has 0 spiro atoms. The molecule has 1 fully saturated rings. The molecule has 1 rings (SSSR count). The summed E-state index contributed by atoms with van der Waals surface area (Å²) >= 11 is 5.65. The fourth-order valence-electron chi connectivity index (χ4n) is 1.69. The molecule has 1 aliphatic rings. The number of alkyl halides is 1. The number of nitrogens with zero attached hydrogens (tertiary/aromatic N) is 2. The van der Waals surface area contributed by atoms with E-state index in [2.05, 4.69) is 6.92 Å². The summed E-state index contributed by atoms with van der Waals surface area (Å²) in [6, 6.07) is 0. The third-order valence-electron chi connectivity index (χ3n) is 3.02. The SMILES string of the molecule is CC(CCCl)CCN1CCN(C)C(=O)C1=O. The van der Waals surface area contributed by atoms with E-state index < -0.39 is 5.91 Å². The van der Waals surface area contributed by atoms with Gasteiger partial charge in [0.1, 0.15) is 0 Å². The van der Waals surface area contributed by atoms with Crippen molar-refractivity contribution in [1.29, 1.82) is 0 Å². The van der Waals surface area contributed by atoms with Gasteiger partial charge in [0.2, 0.25) is 0 Å². The Hall–Kier alpha value is -0.770. The van der Waals surface area contributed by atoms with Crippen molar-refractivity contribution in [2.75, 3.05) is 32.6 Å². The predicted molar refractivity (Wildman–Crippen MR) is 63.3 cm³/mol. The van der Waals surface area contributed by atoms with Crippen molar-refractivity contribution in [2.45, 2.75) is 19.8 Å². The summed E-state index contributed by atoms with van der Waals surface area (Å²) < 4.78 is 0. The Morgan fingerprint density at radius 3 is 2.56 bits per heavy atom. The summed E-state index contributed by atoms with van der Waals surface area (Å²) in [7, 11) is 1.66. The van der Waals surface area contributed by atoms with E-state index in [9.17, 15) is 9.59 Å². The van der Waals surface area contributed by atoms with E-state index >= 15 is 0 Å². The Morgan fingerprint density at radius 1 is 1.25 bits per heavy atom. The molecule has 1 saturated heterocycles. The first-order valence-electron chi connectivity index (χ1n) is 5.66. The first-order chi connectivity index (χ1) is 7.56. The van der Waals surface area contributed by atoms with Crippen LogP contribution in [0.1, 0.15) is 19.8 Å². The van der Waals surface area contributed by atoms with Crippen LogP contribution in [0.4, 0.5) is 0 Å². The van der Waals surface area contributed by atoms with Gasteiger partial charge in [0, 0.05) is 32.6 Å². The van der Waals surface area contributed by atoms with Crippen molar-refractivity contribution >= 4 is 23.4 Å². The number of likely N-dealkylation sites (N-methyl/N-ethyl adjacent to an activating group) is 1. The molecule has 5 heteroatoms. The molecule has 1 atom stereocenters. The summed E-state index contributed by atoms with van der Waals surface area (Å²) in [4.78, 5) is 26.2. The quantitative estimate of drug-likeness (QED) is 0.535. The third kappa shape index (κ3) is 3.37. The minimum atomic E-state index is -0.392. The van der Waals surface area contributed by atoms with Gasteiger partial charge in [0.15, 0.2) is 0 Å². The average Bonchev–Trinajstić information content (AvgIpc) is 2.25. The molecule has 0 N–H and O–H groups in total. The minimum Gasteiger partial charge on any atom is -0.336 e. The second-order valence-corrected chi connectivity index (χ2v) is 4.77. The summed E-state index contributed by atoms with van der Waals surface area (Å²) in [5, 5.41) is 0. The molecule has 0 bridgehead atoms. The van der Waals surface area contributed by atoms with E-state index in [-0.39, 0.29) is 5.91 Å². The predicted octanol–water partition coefficient (Wildman–Crippen LogP) is 0.942. The summed E-state index contributed by atoms with van der Waals surface area (Å²) in [6.45, 7) is 4.06. The first kappa shape index (κ1) is 13.3. The lowest BCUT2D eigenvalue weighted by molar-refractivity contribution is -0.155. The number of carbonyl (C=O) groups is 2. The maximum atomic E-state index is 11.6. The van der Waals surface area contributed by atoms with Crippen LogP contribution in [0.2, 0.25) is 0 Å². The molecule has 1 unspecified atom stereocenters. The van der Waals surface area contributed by atoms with Gasteiger partial charge in [-0.15, -0.1) is 11.6 Å². The van der Waals surface area contributed by atoms with Crippen molar-refractivity contribution in [1.82, 2.24) is 9.80 Å². The number of hydrogen-bond donors (Lipinski definition) is 0. The Kier molecular flexibility index (Phi) is 5.06. The van der Waals surface area contributed by atoms with Crippen LogP contribution in [-0.2, 0) is 9.59 Å². The molecule has 2 amide bonds. The Balaban J connectivity index is 2.38. The van der Waals surface area contributed by atoms with Gasteiger partial charge in [-0.05, 0) is 18.8 Å². The van der Waals surface area contributed by atoms with Crippen molar-refractivity contribution in [2.24, 2.45) is 5.92 Å². The molecule has 0 radical (unpaired) electrons. The summed E-state index contributed by atoms with van der Waals surface area (Å²) in [5.74, 6) is 0.389. The van der Waals surface area contributed by atoms with Gasteiger partial charge in [0.05, 0.1) is 0 Å².